The summed E-state index contributed by atoms with van der Waals surface area (Å²) >= 11 is 0. The molecule has 1 aromatic rings. The lowest BCUT2D eigenvalue weighted by Gasteiger charge is -1.87. The molecule has 0 fully saturated rings. The molecule has 0 saturated carbocycles. The summed E-state index contributed by atoms with van der Waals surface area (Å²) in [6.45, 7) is 0. The van der Waals surface area contributed by atoms with E-state index in [4.69, 9.17) is 20.2 Å². The predicted molar refractivity (Wildman–Crippen MR) is 43.6 cm³/mol. The lowest BCUT2D eigenvalue weighted by atomic mass is 10.3. The third-order valence-corrected chi connectivity index (χ3v) is 0.908. The number of hydrogen-bond acceptors (Lipinski definition) is 5. The molecule has 1 heterocycles. The summed E-state index contributed by atoms with van der Waals surface area (Å²) in [6.07, 6.45) is 2.84. The molecule has 0 aliphatic carbocycles. The van der Waals surface area contributed by atoms with Crippen molar-refractivity contribution in [1.29, 1.82) is 0 Å². The van der Waals surface area contributed by atoms with Crippen molar-refractivity contribution in [3.63, 3.8) is 0 Å². The zero-order chi connectivity index (χ0) is 10.3. The van der Waals surface area contributed by atoms with Crippen LogP contribution in [0.1, 0.15) is 10.4 Å². The third kappa shape index (κ3) is 6.94. The number of nitrogens with zero attached hydrogens (tertiary/aromatic N) is 1. The van der Waals surface area contributed by atoms with E-state index in [2.05, 4.69) is 4.98 Å². The second kappa shape index (κ2) is 6.12. The molecule has 1 rings (SSSR count). The van der Waals surface area contributed by atoms with Crippen molar-refractivity contribution < 1.29 is 25.0 Å². The van der Waals surface area contributed by atoms with E-state index in [-0.39, 0.29) is 5.56 Å². The van der Waals surface area contributed by atoms with Crippen molar-refractivity contribution in [2.24, 2.45) is 0 Å². The lowest BCUT2D eigenvalue weighted by molar-refractivity contribution is 0.0696. The van der Waals surface area contributed by atoms with Gasteiger partial charge in [-0.05, 0) is 12.1 Å². The van der Waals surface area contributed by atoms with Gasteiger partial charge < -0.3 is 20.2 Å². The second-order valence-electron chi connectivity index (χ2n) is 1.89. The molecule has 0 spiro atoms. The van der Waals surface area contributed by atoms with E-state index in [0.717, 1.165) is 0 Å². The first-order valence-corrected chi connectivity index (χ1v) is 3.21. The SMILES string of the molecule is O=C(O)c1cccnc1.OB(O)O. The third-order valence-electron chi connectivity index (χ3n) is 0.908. The van der Waals surface area contributed by atoms with Crippen molar-refractivity contribution in [1.82, 2.24) is 4.98 Å². The molecule has 13 heavy (non-hydrogen) atoms. The molecule has 0 aromatic carbocycles. The van der Waals surface area contributed by atoms with E-state index >= 15 is 0 Å². The van der Waals surface area contributed by atoms with Gasteiger partial charge in [0.15, 0.2) is 0 Å². The Labute approximate surface area is 74.3 Å². The van der Waals surface area contributed by atoms with E-state index in [1.165, 1.54) is 18.5 Å². The van der Waals surface area contributed by atoms with Crippen molar-refractivity contribution in [3.05, 3.63) is 30.1 Å². The highest BCUT2D eigenvalue weighted by Gasteiger charge is 1.97. The van der Waals surface area contributed by atoms with Crippen LogP contribution in [-0.4, -0.2) is 38.5 Å². The number of pyridine rings is 1. The summed E-state index contributed by atoms with van der Waals surface area (Å²) in [5.74, 6) is -0.942. The van der Waals surface area contributed by atoms with Gasteiger partial charge in [-0.3, -0.25) is 4.98 Å². The first-order valence-electron chi connectivity index (χ1n) is 3.21. The van der Waals surface area contributed by atoms with Crippen molar-refractivity contribution >= 4 is 13.3 Å². The molecule has 1 aromatic heterocycles. The molecule has 70 valence electrons. The van der Waals surface area contributed by atoms with Crippen LogP contribution in [0.25, 0.3) is 0 Å². The van der Waals surface area contributed by atoms with Crippen LogP contribution in [-0.2, 0) is 0 Å². The number of hydrogen-bond donors (Lipinski definition) is 4. The van der Waals surface area contributed by atoms with Crippen molar-refractivity contribution in [3.8, 4) is 0 Å². The smallest absolute Gasteiger partial charge is 0.478 e. The molecule has 0 bridgehead atoms. The number of carbonyl (C=O) groups is 1. The summed E-state index contributed by atoms with van der Waals surface area (Å²) in [5.41, 5.74) is 0.220. The minimum absolute atomic E-state index is 0.220. The first-order chi connectivity index (χ1) is 6.04. The van der Waals surface area contributed by atoms with Crippen LogP contribution in [0, 0.1) is 0 Å². The molecule has 7 heteroatoms. The van der Waals surface area contributed by atoms with Gasteiger partial charge in [0.1, 0.15) is 0 Å². The first kappa shape index (κ1) is 11.6. The van der Waals surface area contributed by atoms with E-state index in [9.17, 15) is 4.79 Å². The average Bonchev–Trinajstić information content (AvgIpc) is 2.05. The maximum Gasteiger partial charge on any atom is 0.631 e. The van der Waals surface area contributed by atoms with Gasteiger partial charge in [-0.25, -0.2) is 4.79 Å². The largest absolute Gasteiger partial charge is 0.631 e. The van der Waals surface area contributed by atoms with Crippen LogP contribution in [0.5, 0.6) is 0 Å². The Hall–Kier alpha value is -1.44. The average molecular weight is 185 g/mol. The van der Waals surface area contributed by atoms with E-state index in [1.54, 1.807) is 6.07 Å². The van der Waals surface area contributed by atoms with Crippen molar-refractivity contribution in [2.45, 2.75) is 0 Å². The molecule has 0 unspecified atom stereocenters. The summed E-state index contributed by atoms with van der Waals surface area (Å²) in [4.78, 5) is 13.8. The minimum atomic E-state index is -2.17. The summed E-state index contributed by atoms with van der Waals surface area (Å²) < 4.78 is 0. The number of carboxylic acid groups (broad SMARTS) is 1. The lowest BCUT2D eigenvalue weighted by Crippen LogP contribution is -2.07. The standard InChI is InChI=1S/C6H5NO2.BH3O3/c8-6(9)5-2-1-3-7-4-5;2-1(3)4/h1-4H,(H,8,9);2-4H. The Morgan fingerprint density at radius 2 is 1.92 bits per heavy atom. The molecular weight excluding hydrogens is 177 g/mol. The Kier molecular flexibility index (Phi) is 5.45. The van der Waals surface area contributed by atoms with Crippen LogP contribution in [0.2, 0.25) is 0 Å². The molecule has 0 radical (unpaired) electrons. The minimum Gasteiger partial charge on any atom is -0.478 e. The summed E-state index contributed by atoms with van der Waals surface area (Å²) in [5, 5.41) is 29.8. The van der Waals surface area contributed by atoms with E-state index in [1.807, 2.05) is 0 Å². The number of aromatic carboxylic acids is 1. The monoisotopic (exact) mass is 185 g/mol. The van der Waals surface area contributed by atoms with Gasteiger partial charge in [0.2, 0.25) is 0 Å². The van der Waals surface area contributed by atoms with Gasteiger partial charge in [0.25, 0.3) is 0 Å². The molecule has 4 N–H and O–H groups in total. The molecular formula is C6H8BNO5. The number of aromatic nitrogens is 1. The number of carboxylic acids is 1. The van der Waals surface area contributed by atoms with Crippen LogP contribution < -0.4 is 0 Å². The molecule has 6 nitrogen and oxygen atoms in total. The Morgan fingerprint density at radius 1 is 1.38 bits per heavy atom. The fourth-order valence-electron chi connectivity index (χ4n) is 0.489. The normalized spacial score (nSPS) is 8.23. The van der Waals surface area contributed by atoms with Crippen LogP contribution in [0.15, 0.2) is 24.5 Å². The number of rotatable bonds is 1. The van der Waals surface area contributed by atoms with E-state index < -0.39 is 13.3 Å². The van der Waals surface area contributed by atoms with Gasteiger partial charge in [0.05, 0.1) is 5.56 Å². The van der Waals surface area contributed by atoms with Crippen LogP contribution in [0.4, 0.5) is 0 Å². The molecule has 0 atom stereocenters. The zero-order valence-corrected chi connectivity index (χ0v) is 6.53. The van der Waals surface area contributed by atoms with E-state index in [0.29, 0.717) is 0 Å². The topological polar surface area (TPSA) is 111 Å². The summed E-state index contributed by atoms with van der Waals surface area (Å²) in [6, 6.07) is 3.08. The molecule has 0 aliphatic rings. The molecule has 0 aliphatic heterocycles. The highest BCUT2D eigenvalue weighted by Crippen LogP contribution is 1.92. The van der Waals surface area contributed by atoms with Gasteiger partial charge in [0, 0.05) is 12.4 Å². The van der Waals surface area contributed by atoms with Gasteiger partial charge >= 0.3 is 13.3 Å². The fourth-order valence-corrected chi connectivity index (χ4v) is 0.489. The zero-order valence-electron chi connectivity index (χ0n) is 6.53. The van der Waals surface area contributed by atoms with Gasteiger partial charge in [-0.1, -0.05) is 0 Å². The Morgan fingerprint density at radius 3 is 2.15 bits per heavy atom. The quantitative estimate of drug-likeness (QED) is 0.406. The summed E-state index contributed by atoms with van der Waals surface area (Å²) in [7, 11) is -2.17. The maximum absolute atomic E-state index is 10.2. The highest BCUT2D eigenvalue weighted by molar-refractivity contribution is 6.30. The van der Waals surface area contributed by atoms with Crippen molar-refractivity contribution in [2.75, 3.05) is 0 Å². The molecule has 0 saturated heterocycles. The predicted octanol–water partition coefficient (Wildman–Crippen LogP) is -1.27. The molecule has 0 amide bonds. The maximum atomic E-state index is 10.2. The van der Waals surface area contributed by atoms with Crippen LogP contribution in [0.3, 0.4) is 0 Å². The Bertz CT molecular complexity index is 250. The fraction of sp³-hybridized carbons (Fsp3) is 0. The van der Waals surface area contributed by atoms with Gasteiger partial charge in [-0.15, -0.1) is 0 Å². The highest BCUT2D eigenvalue weighted by atomic mass is 16.5. The Balaban J connectivity index is 0.000000310. The van der Waals surface area contributed by atoms with Crippen LogP contribution >= 0.6 is 0 Å². The second-order valence-corrected chi connectivity index (χ2v) is 1.89. The van der Waals surface area contributed by atoms with Gasteiger partial charge in [-0.2, -0.15) is 0 Å².